The molecule has 1 aromatic heterocycles. The Labute approximate surface area is 106 Å². The van der Waals surface area contributed by atoms with E-state index < -0.39 is 0 Å². The average Bonchev–Trinajstić information content (AvgIpc) is 2.86. The maximum atomic E-state index is 12.0. The molecule has 0 fully saturated rings. The first-order valence-electron chi connectivity index (χ1n) is 5.81. The third-order valence-corrected chi connectivity index (χ3v) is 2.96. The third-order valence-electron chi connectivity index (χ3n) is 2.96. The molecular formula is C13H16N4O. The van der Waals surface area contributed by atoms with Crippen LogP contribution in [0.2, 0.25) is 0 Å². The van der Waals surface area contributed by atoms with Crippen molar-refractivity contribution in [1.82, 2.24) is 20.5 Å². The van der Waals surface area contributed by atoms with Gasteiger partial charge in [0.15, 0.2) is 0 Å². The van der Waals surface area contributed by atoms with E-state index in [0.717, 1.165) is 5.56 Å². The molecule has 0 radical (unpaired) electrons. The molecule has 0 aliphatic carbocycles. The molecule has 2 aromatic rings. The molecule has 5 heteroatoms. The summed E-state index contributed by atoms with van der Waals surface area (Å²) in [4.78, 5) is 16.1. The second kappa shape index (κ2) is 5.00. The summed E-state index contributed by atoms with van der Waals surface area (Å²) in [5.41, 5.74) is 2.94. The van der Waals surface area contributed by atoms with Gasteiger partial charge in [0.25, 0.3) is 5.91 Å². The van der Waals surface area contributed by atoms with E-state index in [-0.39, 0.29) is 11.9 Å². The molecule has 1 amide bonds. The Morgan fingerprint density at radius 3 is 2.72 bits per heavy atom. The van der Waals surface area contributed by atoms with Crippen LogP contribution in [0.25, 0.3) is 0 Å². The quantitative estimate of drug-likeness (QED) is 0.866. The van der Waals surface area contributed by atoms with Gasteiger partial charge in [-0.3, -0.25) is 9.89 Å². The number of nitrogens with one attached hydrogen (secondary N) is 2. The number of amides is 1. The molecule has 0 spiro atoms. The fourth-order valence-electron chi connectivity index (χ4n) is 1.65. The van der Waals surface area contributed by atoms with Gasteiger partial charge in [-0.25, -0.2) is 4.98 Å². The van der Waals surface area contributed by atoms with Gasteiger partial charge in [0.2, 0.25) is 0 Å². The molecular weight excluding hydrogens is 228 g/mol. The van der Waals surface area contributed by atoms with Gasteiger partial charge in [-0.1, -0.05) is 6.07 Å². The van der Waals surface area contributed by atoms with E-state index in [0.29, 0.717) is 11.4 Å². The summed E-state index contributed by atoms with van der Waals surface area (Å²) in [6.07, 6.45) is 1.42. The first-order valence-corrected chi connectivity index (χ1v) is 5.81. The van der Waals surface area contributed by atoms with Gasteiger partial charge in [-0.05, 0) is 44.0 Å². The van der Waals surface area contributed by atoms with E-state index >= 15 is 0 Å². The van der Waals surface area contributed by atoms with Gasteiger partial charge in [-0.15, -0.1) is 0 Å². The monoisotopic (exact) mass is 244 g/mol. The highest BCUT2D eigenvalue weighted by molar-refractivity contribution is 5.94. The van der Waals surface area contributed by atoms with E-state index in [1.54, 1.807) is 0 Å². The summed E-state index contributed by atoms with van der Waals surface area (Å²) in [6.45, 7) is 5.87. The molecule has 0 aliphatic heterocycles. The van der Waals surface area contributed by atoms with Crippen molar-refractivity contribution in [3.8, 4) is 0 Å². The van der Waals surface area contributed by atoms with E-state index in [1.807, 2.05) is 39.0 Å². The minimum absolute atomic E-state index is 0.109. The Kier molecular flexibility index (Phi) is 3.41. The van der Waals surface area contributed by atoms with Crippen molar-refractivity contribution >= 4 is 5.91 Å². The first-order chi connectivity index (χ1) is 8.58. The molecule has 1 atom stereocenters. The van der Waals surface area contributed by atoms with Gasteiger partial charge < -0.3 is 5.32 Å². The molecule has 0 saturated carbocycles. The molecule has 1 aromatic carbocycles. The van der Waals surface area contributed by atoms with E-state index in [9.17, 15) is 4.79 Å². The second-order valence-electron chi connectivity index (χ2n) is 4.36. The first kappa shape index (κ1) is 12.3. The van der Waals surface area contributed by atoms with Crippen molar-refractivity contribution < 1.29 is 4.79 Å². The van der Waals surface area contributed by atoms with Crippen LogP contribution in [0.1, 0.15) is 40.3 Å². The summed E-state index contributed by atoms with van der Waals surface area (Å²) in [5.74, 6) is 0.536. The van der Waals surface area contributed by atoms with Crippen LogP contribution in [0.3, 0.4) is 0 Å². The minimum Gasteiger partial charge on any atom is -0.342 e. The van der Waals surface area contributed by atoms with Crippen LogP contribution in [0.15, 0.2) is 24.5 Å². The largest absolute Gasteiger partial charge is 0.342 e. The zero-order chi connectivity index (χ0) is 13.1. The Bertz CT molecular complexity index is 548. The summed E-state index contributed by atoms with van der Waals surface area (Å²) >= 11 is 0. The Morgan fingerprint density at radius 1 is 1.33 bits per heavy atom. The van der Waals surface area contributed by atoms with Gasteiger partial charge >= 0.3 is 0 Å². The van der Waals surface area contributed by atoms with Crippen molar-refractivity contribution in [2.75, 3.05) is 0 Å². The number of benzene rings is 1. The number of carbonyl (C=O) groups is 1. The number of aryl methyl sites for hydroxylation is 2. The number of rotatable bonds is 3. The third kappa shape index (κ3) is 2.56. The van der Waals surface area contributed by atoms with Crippen molar-refractivity contribution in [3.05, 3.63) is 47.0 Å². The maximum absolute atomic E-state index is 12.0. The lowest BCUT2D eigenvalue weighted by molar-refractivity contribution is 0.0938. The highest BCUT2D eigenvalue weighted by Crippen LogP contribution is 2.11. The highest BCUT2D eigenvalue weighted by Gasteiger charge is 2.13. The molecule has 0 saturated heterocycles. The van der Waals surface area contributed by atoms with E-state index in [1.165, 1.54) is 11.9 Å². The molecule has 0 aliphatic rings. The molecule has 2 N–H and O–H groups in total. The number of aromatic nitrogens is 3. The Morgan fingerprint density at radius 2 is 2.11 bits per heavy atom. The fourth-order valence-corrected chi connectivity index (χ4v) is 1.65. The van der Waals surface area contributed by atoms with Crippen molar-refractivity contribution in [3.63, 3.8) is 0 Å². The predicted molar refractivity (Wildman–Crippen MR) is 68.2 cm³/mol. The van der Waals surface area contributed by atoms with Crippen LogP contribution in [0, 0.1) is 13.8 Å². The number of H-pyrrole nitrogens is 1. The number of nitrogens with zero attached hydrogens (tertiary/aromatic N) is 2. The van der Waals surface area contributed by atoms with Crippen LogP contribution < -0.4 is 5.32 Å². The van der Waals surface area contributed by atoms with E-state index in [2.05, 4.69) is 20.5 Å². The van der Waals surface area contributed by atoms with Gasteiger partial charge in [-0.2, -0.15) is 5.10 Å². The summed E-state index contributed by atoms with van der Waals surface area (Å²) in [5, 5.41) is 9.37. The Hall–Kier alpha value is -2.17. The number of carbonyl (C=O) groups excluding carboxylic acids is 1. The summed E-state index contributed by atoms with van der Waals surface area (Å²) in [6, 6.07) is 5.47. The van der Waals surface area contributed by atoms with Crippen LogP contribution in [-0.4, -0.2) is 21.1 Å². The highest BCUT2D eigenvalue weighted by atomic mass is 16.1. The zero-order valence-electron chi connectivity index (χ0n) is 10.7. The SMILES string of the molecule is Cc1ccc(C(=O)NC(C)c2ncn[nH]2)cc1C. The lowest BCUT2D eigenvalue weighted by atomic mass is 10.1. The molecule has 18 heavy (non-hydrogen) atoms. The summed E-state index contributed by atoms with van der Waals surface area (Å²) in [7, 11) is 0. The van der Waals surface area contributed by atoms with Crippen molar-refractivity contribution in [1.29, 1.82) is 0 Å². The molecule has 1 unspecified atom stereocenters. The Balaban J connectivity index is 2.10. The normalized spacial score (nSPS) is 12.2. The van der Waals surface area contributed by atoms with Gasteiger partial charge in [0.1, 0.15) is 12.2 Å². The molecule has 0 bridgehead atoms. The average molecular weight is 244 g/mol. The van der Waals surface area contributed by atoms with Crippen LogP contribution in [-0.2, 0) is 0 Å². The number of hydrogen-bond acceptors (Lipinski definition) is 3. The topological polar surface area (TPSA) is 70.7 Å². The van der Waals surface area contributed by atoms with Gasteiger partial charge in [0.05, 0.1) is 6.04 Å². The predicted octanol–water partition coefficient (Wildman–Crippen LogP) is 1.91. The van der Waals surface area contributed by atoms with E-state index in [4.69, 9.17) is 0 Å². The van der Waals surface area contributed by atoms with Crippen molar-refractivity contribution in [2.45, 2.75) is 26.8 Å². The lowest BCUT2D eigenvalue weighted by Crippen LogP contribution is -2.27. The summed E-state index contributed by atoms with van der Waals surface area (Å²) < 4.78 is 0. The fraction of sp³-hybridized carbons (Fsp3) is 0.308. The van der Waals surface area contributed by atoms with Crippen molar-refractivity contribution in [2.24, 2.45) is 0 Å². The smallest absolute Gasteiger partial charge is 0.251 e. The van der Waals surface area contributed by atoms with Crippen LogP contribution >= 0.6 is 0 Å². The molecule has 2 rings (SSSR count). The minimum atomic E-state index is -0.193. The number of aromatic amines is 1. The number of hydrogen-bond donors (Lipinski definition) is 2. The van der Waals surface area contributed by atoms with Crippen LogP contribution in [0.5, 0.6) is 0 Å². The molecule has 1 heterocycles. The van der Waals surface area contributed by atoms with Crippen LogP contribution in [0.4, 0.5) is 0 Å². The zero-order valence-corrected chi connectivity index (χ0v) is 10.7. The lowest BCUT2D eigenvalue weighted by Gasteiger charge is -2.11. The second-order valence-corrected chi connectivity index (χ2v) is 4.36. The molecule has 5 nitrogen and oxygen atoms in total. The van der Waals surface area contributed by atoms with Gasteiger partial charge in [0, 0.05) is 5.56 Å². The standard InChI is InChI=1S/C13H16N4O/c1-8-4-5-11(6-9(8)2)13(18)16-10(3)12-14-7-15-17-12/h4-7,10H,1-3H3,(H,16,18)(H,14,15,17). The molecule has 94 valence electrons. The maximum Gasteiger partial charge on any atom is 0.251 e.